The minimum absolute atomic E-state index is 0.00680. The van der Waals surface area contributed by atoms with Gasteiger partial charge in [0, 0.05) is 17.6 Å². The van der Waals surface area contributed by atoms with Gasteiger partial charge in [0.1, 0.15) is 5.75 Å². The quantitative estimate of drug-likeness (QED) is 0.627. The predicted molar refractivity (Wildman–Crippen MR) is 114 cm³/mol. The van der Waals surface area contributed by atoms with E-state index >= 15 is 0 Å². The highest BCUT2D eigenvalue weighted by Gasteiger charge is 2.23. The molecule has 0 bridgehead atoms. The topological polar surface area (TPSA) is 75.7 Å². The van der Waals surface area contributed by atoms with Crippen LogP contribution in [0.3, 0.4) is 0 Å². The lowest BCUT2D eigenvalue weighted by atomic mass is 10.2. The first-order chi connectivity index (χ1) is 13.8. The number of anilines is 2. The summed E-state index contributed by atoms with van der Waals surface area (Å²) in [6.07, 6.45) is 0. The maximum absolute atomic E-state index is 13.0. The maximum atomic E-state index is 13.0. The van der Waals surface area contributed by atoms with Gasteiger partial charge in [0.05, 0.1) is 23.4 Å². The van der Waals surface area contributed by atoms with Crippen LogP contribution in [-0.2, 0) is 10.0 Å². The van der Waals surface area contributed by atoms with Crippen LogP contribution >= 0.6 is 11.6 Å². The summed E-state index contributed by atoms with van der Waals surface area (Å²) in [5, 5.41) is 3.16. The van der Waals surface area contributed by atoms with Gasteiger partial charge in [0.2, 0.25) is 0 Å². The molecule has 0 aliphatic heterocycles. The minimum Gasteiger partial charge on any atom is -0.495 e. The fourth-order valence-corrected chi connectivity index (χ4v) is 4.13. The van der Waals surface area contributed by atoms with E-state index in [1.807, 2.05) is 0 Å². The number of halogens is 1. The zero-order chi connectivity index (χ0) is 21.0. The molecule has 0 spiro atoms. The summed E-state index contributed by atoms with van der Waals surface area (Å²) in [7, 11) is -0.944. The molecule has 3 aromatic carbocycles. The third-order valence-corrected chi connectivity index (χ3v) is 6.30. The fourth-order valence-electron chi connectivity index (χ4n) is 2.71. The number of hydrogen-bond donors (Lipinski definition) is 1. The molecular weight excluding hydrogens is 412 g/mol. The lowest BCUT2D eigenvalue weighted by Crippen LogP contribution is -2.26. The predicted octanol–water partition coefficient (Wildman–Crippen LogP) is 4.43. The Labute approximate surface area is 174 Å². The molecule has 0 atom stereocenters. The van der Waals surface area contributed by atoms with E-state index in [0.717, 1.165) is 4.31 Å². The molecule has 0 saturated carbocycles. The van der Waals surface area contributed by atoms with Crippen LogP contribution in [0.1, 0.15) is 10.4 Å². The first kappa shape index (κ1) is 20.7. The molecule has 3 aromatic rings. The van der Waals surface area contributed by atoms with Gasteiger partial charge in [-0.05, 0) is 48.5 Å². The van der Waals surface area contributed by atoms with Gasteiger partial charge >= 0.3 is 0 Å². The van der Waals surface area contributed by atoms with E-state index < -0.39 is 15.9 Å². The van der Waals surface area contributed by atoms with Gasteiger partial charge in [-0.3, -0.25) is 9.10 Å². The first-order valence-corrected chi connectivity index (χ1v) is 10.4. The molecule has 0 saturated heterocycles. The molecule has 6 nitrogen and oxygen atoms in total. The van der Waals surface area contributed by atoms with Crippen LogP contribution in [0.2, 0.25) is 5.02 Å². The molecule has 3 rings (SSSR count). The van der Waals surface area contributed by atoms with Crippen molar-refractivity contribution in [2.75, 3.05) is 23.8 Å². The summed E-state index contributed by atoms with van der Waals surface area (Å²) < 4.78 is 32.4. The van der Waals surface area contributed by atoms with Gasteiger partial charge in [-0.1, -0.05) is 35.9 Å². The van der Waals surface area contributed by atoms with Crippen molar-refractivity contribution in [3.8, 4) is 5.75 Å². The number of rotatable bonds is 6. The number of carbonyl (C=O) groups is 1. The monoisotopic (exact) mass is 430 g/mol. The van der Waals surface area contributed by atoms with Crippen LogP contribution < -0.4 is 14.4 Å². The normalized spacial score (nSPS) is 11.0. The molecule has 0 unspecified atom stereocenters. The molecule has 0 aromatic heterocycles. The Balaban J connectivity index is 1.89. The molecule has 0 aliphatic carbocycles. The summed E-state index contributed by atoms with van der Waals surface area (Å²) in [6.45, 7) is 0. The highest BCUT2D eigenvalue weighted by molar-refractivity contribution is 7.92. The summed E-state index contributed by atoms with van der Waals surface area (Å²) in [4.78, 5) is 12.6. The Kier molecular flexibility index (Phi) is 6.10. The number of amides is 1. The van der Waals surface area contributed by atoms with Gasteiger partial charge in [-0.2, -0.15) is 0 Å². The zero-order valence-corrected chi connectivity index (χ0v) is 17.4. The molecule has 0 fully saturated rings. The van der Waals surface area contributed by atoms with Gasteiger partial charge in [0.15, 0.2) is 0 Å². The molecule has 29 heavy (non-hydrogen) atoms. The van der Waals surface area contributed by atoms with Gasteiger partial charge in [-0.25, -0.2) is 8.42 Å². The molecule has 0 heterocycles. The Morgan fingerprint density at radius 1 is 1.00 bits per heavy atom. The van der Waals surface area contributed by atoms with Crippen molar-refractivity contribution >= 4 is 38.9 Å². The van der Waals surface area contributed by atoms with Crippen molar-refractivity contribution in [2.45, 2.75) is 4.90 Å². The average molecular weight is 431 g/mol. The average Bonchev–Trinajstić information content (AvgIpc) is 2.73. The van der Waals surface area contributed by atoms with E-state index in [1.54, 1.807) is 54.6 Å². The summed E-state index contributed by atoms with van der Waals surface area (Å²) in [5.41, 5.74) is 1.11. The Bertz CT molecular complexity index is 1150. The lowest BCUT2D eigenvalue weighted by Gasteiger charge is -2.20. The summed E-state index contributed by atoms with van der Waals surface area (Å²) >= 11 is 5.97. The number of hydrogen-bond acceptors (Lipinski definition) is 4. The number of nitrogens with zero attached hydrogens (tertiary/aromatic N) is 1. The Morgan fingerprint density at radius 2 is 1.72 bits per heavy atom. The molecule has 8 heteroatoms. The number of para-hydroxylation sites is 2. The highest BCUT2D eigenvalue weighted by Crippen LogP contribution is 2.26. The molecule has 1 amide bonds. The number of nitrogens with one attached hydrogen (secondary N) is 1. The summed E-state index contributed by atoms with van der Waals surface area (Å²) in [6, 6.07) is 19.3. The Morgan fingerprint density at radius 3 is 2.45 bits per heavy atom. The third kappa shape index (κ3) is 4.52. The van der Waals surface area contributed by atoms with Crippen LogP contribution in [0.25, 0.3) is 0 Å². The lowest BCUT2D eigenvalue weighted by molar-refractivity contribution is 0.102. The molecule has 150 valence electrons. The van der Waals surface area contributed by atoms with Crippen molar-refractivity contribution in [2.24, 2.45) is 0 Å². The highest BCUT2D eigenvalue weighted by atomic mass is 35.5. The van der Waals surface area contributed by atoms with Crippen molar-refractivity contribution in [1.29, 1.82) is 0 Å². The molecule has 0 radical (unpaired) electrons. The minimum atomic E-state index is -3.88. The van der Waals surface area contributed by atoms with Crippen LogP contribution in [0.5, 0.6) is 5.75 Å². The fraction of sp³-hybridized carbons (Fsp3) is 0.0952. The number of sulfonamides is 1. The van der Waals surface area contributed by atoms with Crippen molar-refractivity contribution < 1.29 is 17.9 Å². The molecule has 0 aliphatic rings. The second kappa shape index (κ2) is 8.55. The van der Waals surface area contributed by atoms with E-state index in [9.17, 15) is 13.2 Å². The van der Waals surface area contributed by atoms with E-state index in [0.29, 0.717) is 22.1 Å². The second-order valence-corrected chi connectivity index (χ2v) is 8.54. The van der Waals surface area contributed by atoms with E-state index in [4.69, 9.17) is 16.3 Å². The number of benzene rings is 3. The van der Waals surface area contributed by atoms with Crippen molar-refractivity contribution in [3.63, 3.8) is 0 Å². The standard InChI is InChI=1S/C21H19ClN2O4S/c1-24(17-9-6-8-16(22)14-17)29(26,27)18-10-5-7-15(13-18)21(25)23-19-11-3-4-12-20(19)28-2/h3-14H,1-2H3,(H,23,25). The number of methoxy groups -OCH3 is 1. The first-order valence-electron chi connectivity index (χ1n) is 8.62. The summed E-state index contributed by atoms with van der Waals surface area (Å²) in [5.74, 6) is 0.0577. The third-order valence-electron chi connectivity index (χ3n) is 4.28. The number of carbonyl (C=O) groups excluding carboxylic acids is 1. The van der Waals surface area contributed by atoms with E-state index in [-0.39, 0.29) is 10.5 Å². The number of ether oxygens (including phenoxy) is 1. The van der Waals surface area contributed by atoms with Crippen molar-refractivity contribution in [1.82, 2.24) is 0 Å². The van der Waals surface area contributed by atoms with Gasteiger partial charge < -0.3 is 10.1 Å². The van der Waals surface area contributed by atoms with Crippen LogP contribution in [0.4, 0.5) is 11.4 Å². The van der Waals surface area contributed by atoms with Gasteiger partial charge in [-0.15, -0.1) is 0 Å². The van der Waals surface area contributed by atoms with Crippen LogP contribution in [-0.4, -0.2) is 28.5 Å². The molecular formula is C21H19ClN2O4S. The maximum Gasteiger partial charge on any atom is 0.264 e. The van der Waals surface area contributed by atoms with E-state index in [1.165, 1.54) is 32.4 Å². The zero-order valence-electron chi connectivity index (χ0n) is 15.8. The molecule has 1 N–H and O–H groups in total. The van der Waals surface area contributed by atoms with Crippen LogP contribution in [0, 0.1) is 0 Å². The van der Waals surface area contributed by atoms with E-state index in [2.05, 4.69) is 5.32 Å². The largest absolute Gasteiger partial charge is 0.495 e. The smallest absolute Gasteiger partial charge is 0.264 e. The second-order valence-electron chi connectivity index (χ2n) is 6.13. The Hall–Kier alpha value is -3.03. The SMILES string of the molecule is COc1ccccc1NC(=O)c1cccc(S(=O)(=O)N(C)c2cccc(Cl)c2)c1. The van der Waals surface area contributed by atoms with Crippen molar-refractivity contribution in [3.05, 3.63) is 83.4 Å². The van der Waals surface area contributed by atoms with Crippen LogP contribution in [0.15, 0.2) is 77.7 Å². The van der Waals surface area contributed by atoms with Gasteiger partial charge in [0.25, 0.3) is 15.9 Å².